The first-order valence-corrected chi connectivity index (χ1v) is 5.93. The minimum Gasteiger partial charge on any atom is -0.508 e. The molecule has 0 aliphatic heterocycles. The van der Waals surface area contributed by atoms with Crippen molar-refractivity contribution in [3.63, 3.8) is 0 Å². The van der Waals surface area contributed by atoms with Crippen LogP contribution in [0.4, 0.5) is 15.8 Å². The van der Waals surface area contributed by atoms with Crippen LogP contribution in [0, 0.1) is 22.9 Å². The summed E-state index contributed by atoms with van der Waals surface area (Å²) in [6.07, 6.45) is 0. The van der Waals surface area contributed by atoms with E-state index in [-0.39, 0.29) is 18.0 Å². The van der Waals surface area contributed by atoms with Gasteiger partial charge in [0.1, 0.15) is 11.6 Å². The number of hydrogen-bond donors (Lipinski definition) is 2. The molecule has 0 bridgehead atoms. The van der Waals surface area contributed by atoms with Crippen LogP contribution in [0.25, 0.3) is 0 Å². The monoisotopic (exact) mass is 276 g/mol. The lowest BCUT2D eigenvalue weighted by Crippen LogP contribution is -2.02. The van der Waals surface area contributed by atoms with Crippen molar-refractivity contribution in [1.29, 1.82) is 0 Å². The van der Waals surface area contributed by atoms with Crippen LogP contribution >= 0.6 is 0 Å². The average Bonchev–Trinajstić information content (AvgIpc) is 2.40. The standard InChI is InChI=1S/C14H13FN2O3/c1-9-6-12(17(19)20)3-4-13(9)16-8-10-7-11(15)2-5-14(10)18/h2-7,16,18H,8H2,1H3. The van der Waals surface area contributed by atoms with E-state index in [0.29, 0.717) is 16.8 Å². The molecule has 0 heterocycles. The first kappa shape index (κ1) is 13.8. The molecular weight excluding hydrogens is 263 g/mol. The maximum absolute atomic E-state index is 13.1. The SMILES string of the molecule is Cc1cc([N+](=O)[O-])ccc1NCc1cc(F)ccc1O. The number of rotatable bonds is 4. The van der Waals surface area contributed by atoms with Gasteiger partial charge in [-0.1, -0.05) is 0 Å². The summed E-state index contributed by atoms with van der Waals surface area (Å²) < 4.78 is 13.1. The highest BCUT2D eigenvalue weighted by atomic mass is 19.1. The summed E-state index contributed by atoms with van der Waals surface area (Å²) in [5.41, 5.74) is 1.83. The highest BCUT2D eigenvalue weighted by Gasteiger charge is 2.09. The number of aryl methyl sites for hydroxylation is 1. The number of anilines is 1. The predicted octanol–water partition coefficient (Wildman–Crippen LogP) is 3.36. The van der Waals surface area contributed by atoms with Crippen LogP contribution in [0.5, 0.6) is 5.75 Å². The van der Waals surface area contributed by atoms with Crippen LogP contribution in [0.15, 0.2) is 36.4 Å². The number of non-ortho nitro benzene ring substituents is 1. The van der Waals surface area contributed by atoms with Gasteiger partial charge in [0.2, 0.25) is 0 Å². The zero-order valence-corrected chi connectivity index (χ0v) is 10.8. The zero-order chi connectivity index (χ0) is 14.7. The minimum absolute atomic E-state index is 0.00142. The topological polar surface area (TPSA) is 75.4 Å². The summed E-state index contributed by atoms with van der Waals surface area (Å²) in [6, 6.07) is 8.13. The molecule has 0 amide bonds. The molecule has 2 aromatic rings. The number of nitro benzene ring substituents is 1. The summed E-state index contributed by atoms with van der Waals surface area (Å²) in [7, 11) is 0. The molecule has 0 saturated carbocycles. The first-order chi connectivity index (χ1) is 9.47. The van der Waals surface area contributed by atoms with Crippen LogP contribution in [0.1, 0.15) is 11.1 Å². The number of nitrogens with zero attached hydrogens (tertiary/aromatic N) is 1. The Morgan fingerprint density at radius 3 is 2.70 bits per heavy atom. The second kappa shape index (κ2) is 5.56. The van der Waals surface area contributed by atoms with E-state index in [0.717, 1.165) is 0 Å². The zero-order valence-electron chi connectivity index (χ0n) is 10.8. The number of nitro groups is 1. The third-order valence-corrected chi connectivity index (χ3v) is 2.93. The van der Waals surface area contributed by atoms with Crippen LogP contribution in [0.2, 0.25) is 0 Å². The Hall–Kier alpha value is -2.63. The Balaban J connectivity index is 2.15. The molecule has 2 aromatic carbocycles. The lowest BCUT2D eigenvalue weighted by molar-refractivity contribution is -0.384. The summed E-state index contributed by atoms with van der Waals surface area (Å²) in [5.74, 6) is -0.432. The van der Waals surface area contributed by atoms with E-state index in [9.17, 15) is 19.6 Å². The summed E-state index contributed by atoms with van der Waals surface area (Å²) >= 11 is 0. The van der Waals surface area contributed by atoms with Crippen LogP contribution < -0.4 is 5.32 Å². The third-order valence-electron chi connectivity index (χ3n) is 2.93. The van der Waals surface area contributed by atoms with Gasteiger partial charge in [0.05, 0.1) is 4.92 Å². The van der Waals surface area contributed by atoms with Crippen molar-refractivity contribution in [2.75, 3.05) is 5.32 Å². The molecule has 5 nitrogen and oxygen atoms in total. The van der Waals surface area contributed by atoms with E-state index in [4.69, 9.17) is 0 Å². The summed E-state index contributed by atoms with van der Waals surface area (Å²) in [6.45, 7) is 1.96. The third kappa shape index (κ3) is 3.03. The van der Waals surface area contributed by atoms with E-state index in [1.54, 1.807) is 13.0 Å². The van der Waals surface area contributed by atoms with Gasteiger partial charge in [0, 0.05) is 29.9 Å². The van der Waals surface area contributed by atoms with E-state index in [2.05, 4.69) is 5.32 Å². The molecule has 20 heavy (non-hydrogen) atoms. The minimum atomic E-state index is -0.463. The average molecular weight is 276 g/mol. The van der Waals surface area contributed by atoms with E-state index >= 15 is 0 Å². The van der Waals surface area contributed by atoms with E-state index in [1.165, 1.54) is 30.3 Å². The van der Waals surface area contributed by atoms with Gasteiger partial charge >= 0.3 is 0 Å². The molecule has 0 atom stereocenters. The first-order valence-electron chi connectivity index (χ1n) is 5.93. The van der Waals surface area contributed by atoms with Crippen molar-refractivity contribution in [3.05, 3.63) is 63.5 Å². The van der Waals surface area contributed by atoms with Crippen LogP contribution in [-0.4, -0.2) is 10.0 Å². The van der Waals surface area contributed by atoms with Gasteiger partial charge in [-0.05, 0) is 36.8 Å². The predicted molar refractivity (Wildman–Crippen MR) is 73.2 cm³/mol. The van der Waals surface area contributed by atoms with E-state index < -0.39 is 10.7 Å². The molecule has 0 fully saturated rings. The smallest absolute Gasteiger partial charge is 0.269 e. The Labute approximate surface area is 114 Å². The van der Waals surface area contributed by atoms with Crippen molar-refractivity contribution in [2.45, 2.75) is 13.5 Å². The lowest BCUT2D eigenvalue weighted by atomic mass is 10.1. The van der Waals surface area contributed by atoms with Crippen LogP contribution in [-0.2, 0) is 6.54 Å². The van der Waals surface area contributed by atoms with Crippen molar-refractivity contribution < 1.29 is 14.4 Å². The van der Waals surface area contributed by atoms with Crippen molar-refractivity contribution >= 4 is 11.4 Å². The number of benzene rings is 2. The maximum Gasteiger partial charge on any atom is 0.269 e. The fraction of sp³-hybridized carbons (Fsp3) is 0.143. The Kier molecular flexibility index (Phi) is 3.84. The molecule has 2 N–H and O–H groups in total. The van der Waals surface area contributed by atoms with Crippen molar-refractivity contribution in [2.24, 2.45) is 0 Å². The Morgan fingerprint density at radius 2 is 2.05 bits per heavy atom. The van der Waals surface area contributed by atoms with E-state index in [1.807, 2.05) is 0 Å². The molecular formula is C14H13FN2O3. The van der Waals surface area contributed by atoms with Gasteiger partial charge in [-0.15, -0.1) is 0 Å². The van der Waals surface area contributed by atoms with Crippen LogP contribution in [0.3, 0.4) is 0 Å². The summed E-state index contributed by atoms with van der Waals surface area (Å²) in [4.78, 5) is 10.2. The molecule has 2 rings (SSSR count). The largest absolute Gasteiger partial charge is 0.508 e. The van der Waals surface area contributed by atoms with Gasteiger partial charge in [0.15, 0.2) is 0 Å². The molecule has 0 aliphatic rings. The second-order valence-corrected chi connectivity index (χ2v) is 4.38. The molecule has 0 aliphatic carbocycles. The number of halogens is 1. The quantitative estimate of drug-likeness (QED) is 0.663. The molecule has 0 radical (unpaired) electrons. The number of phenols is 1. The highest BCUT2D eigenvalue weighted by molar-refractivity contribution is 5.56. The highest BCUT2D eigenvalue weighted by Crippen LogP contribution is 2.23. The molecule has 104 valence electrons. The van der Waals surface area contributed by atoms with Gasteiger partial charge in [0.25, 0.3) is 5.69 Å². The van der Waals surface area contributed by atoms with Crippen molar-refractivity contribution in [3.8, 4) is 5.75 Å². The number of phenolic OH excluding ortho intramolecular Hbond substituents is 1. The Bertz CT molecular complexity index is 659. The molecule has 6 heteroatoms. The van der Waals surface area contributed by atoms with Gasteiger partial charge in [-0.3, -0.25) is 10.1 Å². The number of hydrogen-bond acceptors (Lipinski definition) is 4. The maximum atomic E-state index is 13.1. The number of aromatic hydroxyl groups is 1. The molecule has 0 unspecified atom stereocenters. The lowest BCUT2D eigenvalue weighted by Gasteiger charge is -2.10. The Morgan fingerprint density at radius 1 is 1.30 bits per heavy atom. The van der Waals surface area contributed by atoms with Crippen molar-refractivity contribution in [1.82, 2.24) is 0 Å². The number of nitrogens with one attached hydrogen (secondary N) is 1. The molecule has 0 spiro atoms. The van der Waals surface area contributed by atoms with Gasteiger partial charge < -0.3 is 10.4 Å². The second-order valence-electron chi connectivity index (χ2n) is 4.38. The van der Waals surface area contributed by atoms with Gasteiger partial charge in [-0.25, -0.2) is 4.39 Å². The molecule has 0 saturated heterocycles. The molecule has 0 aromatic heterocycles. The normalized spacial score (nSPS) is 10.3. The fourth-order valence-corrected chi connectivity index (χ4v) is 1.85. The fourth-order valence-electron chi connectivity index (χ4n) is 1.85. The summed E-state index contributed by atoms with van der Waals surface area (Å²) in [5, 5.41) is 23.3. The van der Waals surface area contributed by atoms with Gasteiger partial charge in [-0.2, -0.15) is 0 Å².